The summed E-state index contributed by atoms with van der Waals surface area (Å²) >= 11 is 3.65. The highest BCUT2D eigenvalue weighted by Gasteiger charge is 2.11. The van der Waals surface area contributed by atoms with Gasteiger partial charge in [-0.05, 0) is 0 Å². The Morgan fingerprint density at radius 1 is 1.18 bits per heavy atom. The van der Waals surface area contributed by atoms with Crippen LogP contribution < -0.4 is 11.5 Å². The molecule has 8 nitrogen and oxygen atoms in total. The number of thiol groups is 1. The van der Waals surface area contributed by atoms with E-state index in [9.17, 15) is 14.4 Å². The molecule has 17 heavy (non-hydrogen) atoms. The van der Waals surface area contributed by atoms with Gasteiger partial charge in [0.2, 0.25) is 0 Å². The van der Waals surface area contributed by atoms with Crippen LogP contribution in [0.1, 0.15) is 6.92 Å². The zero-order valence-corrected chi connectivity index (χ0v) is 10.1. The molecule has 0 rings (SSSR count). The second-order valence-corrected chi connectivity index (χ2v) is 3.24. The molecule has 0 aliphatic carbocycles. The molecule has 0 amide bonds. The first kappa shape index (κ1) is 18.1. The van der Waals surface area contributed by atoms with E-state index in [4.69, 9.17) is 21.7 Å². The first-order valence-electron chi connectivity index (χ1n) is 4.43. The Hall–Kier alpha value is -1.32. The van der Waals surface area contributed by atoms with E-state index in [1.165, 1.54) is 6.92 Å². The van der Waals surface area contributed by atoms with Crippen LogP contribution in [0.5, 0.6) is 0 Å². The lowest BCUT2D eigenvalue weighted by atomic mass is 10.3. The Morgan fingerprint density at radius 3 is 1.76 bits per heavy atom. The summed E-state index contributed by atoms with van der Waals surface area (Å²) in [5, 5.41) is 16.2. The highest BCUT2D eigenvalue weighted by molar-refractivity contribution is 7.80. The second kappa shape index (κ2) is 9.87. The van der Waals surface area contributed by atoms with Gasteiger partial charge >= 0.3 is 17.9 Å². The lowest BCUT2D eigenvalue weighted by Crippen LogP contribution is -2.35. The van der Waals surface area contributed by atoms with Gasteiger partial charge in [0.15, 0.2) is 0 Å². The first-order chi connectivity index (χ1) is 7.72. The van der Waals surface area contributed by atoms with Gasteiger partial charge < -0.3 is 26.4 Å². The number of ether oxygens (including phenoxy) is 1. The Bertz CT molecular complexity index is 273. The molecule has 0 spiro atoms. The Balaban J connectivity index is 0. The number of carboxylic acids is 2. The van der Waals surface area contributed by atoms with Crippen molar-refractivity contribution in [3.63, 3.8) is 0 Å². The fourth-order valence-electron chi connectivity index (χ4n) is 0.357. The molecule has 0 aromatic carbocycles. The Labute approximate surface area is 103 Å². The number of carboxylic acid groups (broad SMARTS) is 2. The third-order valence-electron chi connectivity index (χ3n) is 1.30. The van der Waals surface area contributed by atoms with Crippen molar-refractivity contribution in [3.05, 3.63) is 0 Å². The van der Waals surface area contributed by atoms with E-state index in [2.05, 4.69) is 17.4 Å². The van der Waals surface area contributed by atoms with Crippen LogP contribution >= 0.6 is 12.6 Å². The monoisotopic (exact) mass is 268 g/mol. The van der Waals surface area contributed by atoms with Gasteiger partial charge in [0.25, 0.3) is 0 Å². The molecule has 0 aromatic rings. The number of carbonyl (C=O) groups excluding carboxylic acids is 1. The number of hydrogen-bond acceptors (Lipinski definition) is 7. The molecule has 0 unspecified atom stereocenters. The van der Waals surface area contributed by atoms with Crippen molar-refractivity contribution in [1.82, 2.24) is 0 Å². The van der Waals surface area contributed by atoms with Gasteiger partial charge in [0.1, 0.15) is 18.7 Å². The highest BCUT2D eigenvalue weighted by Crippen LogP contribution is 1.82. The number of aliphatic carboxylic acids is 2. The average Bonchev–Trinajstić information content (AvgIpc) is 2.24. The normalized spacial score (nSPS) is 12.7. The van der Waals surface area contributed by atoms with Gasteiger partial charge in [-0.1, -0.05) is 0 Å². The molecule has 0 radical (unpaired) electrons. The maximum atomic E-state index is 10.1. The SMILES string of the molecule is CC(=O)OC[C@H](N)C(=O)O.N[C@@H](CS)C(=O)O. The third-order valence-corrected chi connectivity index (χ3v) is 1.69. The minimum absolute atomic E-state index is 0.190. The van der Waals surface area contributed by atoms with E-state index in [0.29, 0.717) is 0 Å². The predicted octanol–water partition coefficient (Wildman–Crippen LogP) is -1.71. The number of esters is 1. The summed E-state index contributed by atoms with van der Waals surface area (Å²) in [7, 11) is 0. The molecule has 0 bridgehead atoms. The Morgan fingerprint density at radius 2 is 1.59 bits per heavy atom. The minimum atomic E-state index is -1.18. The molecule has 0 aliphatic heterocycles. The maximum Gasteiger partial charge on any atom is 0.324 e. The number of nitrogens with two attached hydrogens (primary N) is 2. The molecule has 0 fully saturated rings. The second-order valence-electron chi connectivity index (χ2n) is 2.87. The quantitative estimate of drug-likeness (QED) is 0.292. The predicted molar refractivity (Wildman–Crippen MR) is 61.7 cm³/mol. The Kier molecular flexibility index (Phi) is 10.5. The van der Waals surface area contributed by atoms with Crippen LogP contribution in [-0.2, 0) is 19.1 Å². The summed E-state index contributed by atoms with van der Waals surface area (Å²) in [6.07, 6.45) is 0. The number of rotatable bonds is 5. The van der Waals surface area contributed by atoms with Crippen LogP contribution in [0, 0.1) is 0 Å². The van der Waals surface area contributed by atoms with Gasteiger partial charge in [0, 0.05) is 12.7 Å². The summed E-state index contributed by atoms with van der Waals surface area (Å²) in [6, 6.07) is -1.94. The standard InChI is InChI=1S/C5H9NO4.C3H7NO2S/c1-3(7)10-2-4(6)5(8)9;4-2(1-7)3(5)6/h4H,2,6H2,1H3,(H,8,9);2,7H,1,4H2,(H,5,6)/t4-;2-/m00/s1. The van der Waals surface area contributed by atoms with Gasteiger partial charge in [-0.15, -0.1) is 0 Å². The van der Waals surface area contributed by atoms with Crippen LogP contribution in [-0.4, -0.2) is 52.6 Å². The highest BCUT2D eigenvalue weighted by atomic mass is 32.1. The molecule has 0 aromatic heterocycles. The average molecular weight is 268 g/mol. The molecule has 2 atom stereocenters. The molecular formula is C8H16N2O6S. The van der Waals surface area contributed by atoms with E-state index in [1.807, 2.05) is 0 Å². The molecule has 9 heteroatoms. The summed E-state index contributed by atoms with van der Waals surface area (Å²) in [5.41, 5.74) is 9.93. The van der Waals surface area contributed by atoms with Gasteiger partial charge in [-0.3, -0.25) is 14.4 Å². The molecule has 0 heterocycles. The van der Waals surface area contributed by atoms with Crippen molar-refractivity contribution in [3.8, 4) is 0 Å². The van der Waals surface area contributed by atoms with Crippen LogP contribution in [0.2, 0.25) is 0 Å². The zero-order valence-electron chi connectivity index (χ0n) is 9.20. The lowest BCUT2D eigenvalue weighted by molar-refractivity contribution is -0.146. The number of hydrogen-bond donors (Lipinski definition) is 5. The fraction of sp³-hybridized carbons (Fsp3) is 0.625. The van der Waals surface area contributed by atoms with E-state index in [0.717, 1.165) is 0 Å². The molecule has 0 saturated carbocycles. The first-order valence-corrected chi connectivity index (χ1v) is 5.06. The lowest BCUT2D eigenvalue weighted by Gasteiger charge is -2.04. The fourth-order valence-corrected chi connectivity index (χ4v) is 0.513. The molecule has 6 N–H and O–H groups in total. The van der Waals surface area contributed by atoms with E-state index >= 15 is 0 Å². The molecular weight excluding hydrogens is 252 g/mol. The summed E-state index contributed by atoms with van der Waals surface area (Å²) in [5.74, 6) is -2.53. The maximum absolute atomic E-state index is 10.1. The van der Waals surface area contributed by atoms with Crippen molar-refractivity contribution in [2.45, 2.75) is 19.0 Å². The zero-order chi connectivity index (χ0) is 14.0. The largest absolute Gasteiger partial charge is 0.480 e. The van der Waals surface area contributed by atoms with Crippen molar-refractivity contribution < 1.29 is 29.3 Å². The molecule has 100 valence electrons. The van der Waals surface area contributed by atoms with Crippen molar-refractivity contribution in [2.75, 3.05) is 12.4 Å². The smallest absolute Gasteiger partial charge is 0.324 e. The number of carbonyl (C=O) groups is 3. The van der Waals surface area contributed by atoms with Gasteiger partial charge in [-0.2, -0.15) is 12.6 Å². The van der Waals surface area contributed by atoms with Crippen LogP contribution in [0.15, 0.2) is 0 Å². The van der Waals surface area contributed by atoms with Crippen LogP contribution in [0.25, 0.3) is 0 Å². The minimum Gasteiger partial charge on any atom is -0.480 e. The van der Waals surface area contributed by atoms with E-state index in [-0.39, 0.29) is 12.4 Å². The van der Waals surface area contributed by atoms with E-state index in [1.54, 1.807) is 0 Å². The van der Waals surface area contributed by atoms with Crippen LogP contribution in [0.3, 0.4) is 0 Å². The van der Waals surface area contributed by atoms with Crippen LogP contribution in [0.4, 0.5) is 0 Å². The summed E-state index contributed by atoms with van der Waals surface area (Å²) in [4.78, 5) is 29.9. The molecule has 0 saturated heterocycles. The third kappa shape index (κ3) is 12.6. The van der Waals surface area contributed by atoms with E-state index < -0.39 is 30.0 Å². The molecule has 0 aliphatic rings. The van der Waals surface area contributed by atoms with Crippen molar-refractivity contribution >= 4 is 30.5 Å². The van der Waals surface area contributed by atoms with Crippen molar-refractivity contribution in [1.29, 1.82) is 0 Å². The summed E-state index contributed by atoms with van der Waals surface area (Å²) in [6.45, 7) is 0.916. The van der Waals surface area contributed by atoms with Gasteiger partial charge in [-0.25, -0.2) is 0 Å². The van der Waals surface area contributed by atoms with Gasteiger partial charge in [0.05, 0.1) is 0 Å². The van der Waals surface area contributed by atoms with Crippen molar-refractivity contribution in [2.24, 2.45) is 11.5 Å². The summed E-state index contributed by atoms with van der Waals surface area (Å²) < 4.78 is 4.32. The topological polar surface area (TPSA) is 153 Å².